The van der Waals surface area contributed by atoms with Crippen LogP contribution < -0.4 is 14.2 Å². The quantitative estimate of drug-likeness (QED) is 0.681. The Balaban J connectivity index is 1.76. The highest BCUT2D eigenvalue weighted by molar-refractivity contribution is 6.16. The molecular weight excluding hydrogens is 318 g/mol. The highest BCUT2D eigenvalue weighted by Crippen LogP contribution is 2.41. The van der Waals surface area contributed by atoms with Crippen LogP contribution in [0.15, 0.2) is 54.4 Å². The maximum Gasteiger partial charge on any atom is 0.235 e. The van der Waals surface area contributed by atoms with Crippen LogP contribution in [0.4, 0.5) is 0 Å². The van der Waals surface area contributed by atoms with Gasteiger partial charge in [0.15, 0.2) is 5.76 Å². The van der Waals surface area contributed by atoms with Crippen LogP contribution in [0.3, 0.4) is 0 Å². The smallest absolute Gasteiger partial charge is 0.235 e. The maximum atomic E-state index is 12.7. The van der Waals surface area contributed by atoms with Gasteiger partial charge in [-0.05, 0) is 23.8 Å². The van der Waals surface area contributed by atoms with Gasteiger partial charge >= 0.3 is 0 Å². The predicted octanol–water partition coefficient (Wildman–Crippen LogP) is 3.87. The zero-order chi connectivity index (χ0) is 17.4. The zero-order valence-electron chi connectivity index (χ0n) is 13.8. The van der Waals surface area contributed by atoms with E-state index < -0.39 is 0 Å². The van der Waals surface area contributed by atoms with Gasteiger partial charge in [0, 0.05) is 23.7 Å². The summed E-state index contributed by atoms with van der Waals surface area (Å²) < 4.78 is 16.3. The van der Waals surface area contributed by atoms with Crippen LogP contribution in [-0.2, 0) is 0 Å². The van der Waals surface area contributed by atoms with Crippen LogP contribution in [0.2, 0.25) is 0 Å². The molecule has 5 nitrogen and oxygen atoms in total. The molecule has 0 bridgehead atoms. The molecular formula is C20H15NO4. The number of fused-ring (bicyclic) bond motifs is 2. The van der Waals surface area contributed by atoms with E-state index in [2.05, 4.69) is 4.98 Å². The topological polar surface area (TPSA) is 57.6 Å². The van der Waals surface area contributed by atoms with Crippen molar-refractivity contribution < 1.29 is 19.0 Å². The lowest BCUT2D eigenvalue weighted by atomic mass is 10.1. The number of benzene rings is 2. The Bertz CT molecular complexity index is 1020. The molecule has 0 radical (unpaired) electrons. The van der Waals surface area contributed by atoms with Gasteiger partial charge in [-0.3, -0.25) is 9.78 Å². The van der Waals surface area contributed by atoms with Crippen molar-refractivity contribution in [1.29, 1.82) is 0 Å². The number of methoxy groups -OCH3 is 2. The average molecular weight is 333 g/mol. The van der Waals surface area contributed by atoms with E-state index in [4.69, 9.17) is 14.2 Å². The summed E-state index contributed by atoms with van der Waals surface area (Å²) in [6.07, 6.45) is 3.40. The third-order valence-corrected chi connectivity index (χ3v) is 4.08. The number of ketones is 1. The number of hydrogen-bond donors (Lipinski definition) is 0. The number of carbonyl (C=O) groups is 1. The standard InChI is InChI=1S/C20H15NO4/c1-23-14-9-16(24-2)19-17(10-14)25-18(20(19)22)8-12-7-13-5-3-4-6-15(13)21-11-12/h3-11H,1-2H3/b18-8-. The van der Waals surface area contributed by atoms with E-state index in [1.807, 2.05) is 30.3 Å². The van der Waals surface area contributed by atoms with Crippen molar-refractivity contribution in [3.63, 3.8) is 0 Å². The van der Waals surface area contributed by atoms with Crippen molar-refractivity contribution in [1.82, 2.24) is 4.98 Å². The minimum absolute atomic E-state index is 0.220. The van der Waals surface area contributed by atoms with Gasteiger partial charge in [-0.2, -0.15) is 0 Å². The van der Waals surface area contributed by atoms with Crippen molar-refractivity contribution in [3.8, 4) is 17.2 Å². The molecule has 0 aliphatic carbocycles. The number of ether oxygens (including phenoxy) is 3. The molecule has 0 atom stereocenters. The Labute approximate surface area is 144 Å². The second kappa shape index (κ2) is 5.94. The Morgan fingerprint density at radius 3 is 2.72 bits per heavy atom. The molecule has 5 heteroatoms. The molecule has 1 aliphatic rings. The van der Waals surface area contributed by atoms with Crippen LogP contribution in [0.25, 0.3) is 17.0 Å². The SMILES string of the molecule is COc1cc(OC)c2c(c1)O/C(=C\c1cnc3ccccc3c1)C2=O. The summed E-state index contributed by atoms with van der Waals surface area (Å²) in [6.45, 7) is 0. The molecule has 3 aromatic rings. The fraction of sp³-hybridized carbons (Fsp3) is 0.100. The van der Waals surface area contributed by atoms with Gasteiger partial charge in [0.2, 0.25) is 5.78 Å². The van der Waals surface area contributed by atoms with Gasteiger partial charge in [-0.1, -0.05) is 18.2 Å². The second-order valence-electron chi connectivity index (χ2n) is 5.60. The monoisotopic (exact) mass is 333 g/mol. The highest BCUT2D eigenvalue weighted by atomic mass is 16.5. The third-order valence-electron chi connectivity index (χ3n) is 4.08. The maximum absolute atomic E-state index is 12.7. The molecule has 2 heterocycles. The molecule has 0 amide bonds. The minimum Gasteiger partial charge on any atom is -0.496 e. The van der Waals surface area contributed by atoms with E-state index >= 15 is 0 Å². The molecule has 0 unspecified atom stereocenters. The van der Waals surface area contributed by atoms with Gasteiger partial charge in [-0.25, -0.2) is 0 Å². The van der Waals surface area contributed by atoms with Crippen LogP contribution >= 0.6 is 0 Å². The lowest BCUT2D eigenvalue weighted by Crippen LogP contribution is -2.00. The molecule has 124 valence electrons. The van der Waals surface area contributed by atoms with Crippen LogP contribution in [0, 0.1) is 0 Å². The van der Waals surface area contributed by atoms with Crippen molar-refractivity contribution in [2.45, 2.75) is 0 Å². The van der Waals surface area contributed by atoms with Gasteiger partial charge in [0.05, 0.1) is 19.7 Å². The number of para-hydroxylation sites is 1. The van der Waals surface area contributed by atoms with Gasteiger partial charge in [0.1, 0.15) is 22.8 Å². The minimum atomic E-state index is -0.220. The van der Waals surface area contributed by atoms with Crippen LogP contribution in [0.5, 0.6) is 17.2 Å². The van der Waals surface area contributed by atoms with Crippen LogP contribution in [0.1, 0.15) is 15.9 Å². The molecule has 4 rings (SSSR count). The lowest BCUT2D eigenvalue weighted by Gasteiger charge is -2.07. The zero-order valence-corrected chi connectivity index (χ0v) is 13.8. The number of aromatic nitrogens is 1. The average Bonchev–Trinajstić information content (AvgIpc) is 2.96. The van der Waals surface area contributed by atoms with Gasteiger partial charge in [0.25, 0.3) is 0 Å². The molecule has 0 saturated carbocycles. The first kappa shape index (κ1) is 15.2. The number of hydrogen-bond acceptors (Lipinski definition) is 5. The molecule has 0 saturated heterocycles. The summed E-state index contributed by atoms with van der Waals surface area (Å²) in [5, 5.41) is 0.999. The predicted molar refractivity (Wildman–Crippen MR) is 94.2 cm³/mol. The molecule has 0 spiro atoms. The summed E-state index contributed by atoms with van der Waals surface area (Å²) in [5.74, 6) is 1.44. The Morgan fingerprint density at radius 2 is 1.92 bits per heavy atom. The van der Waals surface area contributed by atoms with Crippen molar-refractivity contribution >= 4 is 22.8 Å². The fourth-order valence-corrected chi connectivity index (χ4v) is 2.85. The van der Waals surface area contributed by atoms with E-state index in [1.54, 1.807) is 31.5 Å². The molecule has 2 aromatic carbocycles. The van der Waals surface area contributed by atoms with Gasteiger partial charge < -0.3 is 14.2 Å². The molecule has 1 aliphatic heterocycles. The number of nitrogens with zero attached hydrogens (tertiary/aromatic N) is 1. The second-order valence-corrected chi connectivity index (χ2v) is 5.60. The van der Waals surface area contributed by atoms with E-state index in [1.165, 1.54) is 7.11 Å². The van der Waals surface area contributed by atoms with Crippen LogP contribution in [-0.4, -0.2) is 25.0 Å². The van der Waals surface area contributed by atoms with Crippen molar-refractivity contribution in [3.05, 3.63) is 65.5 Å². The number of pyridine rings is 1. The van der Waals surface area contributed by atoms with Crippen molar-refractivity contribution in [2.24, 2.45) is 0 Å². The van der Waals surface area contributed by atoms with E-state index in [-0.39, 0.29) is 11.5 Å². The Kier molecular flexibility index (Phi) is 3.61. The van der Waals surface area contributed by atoms with E-state index in [0.29, 0.717) is 22.8 Å². The van der Waals surface area contributed by atoms with E-state index in [0.717, 1.165) is 16.5 Å². The number of rotatable bonds is 3. The molecule has 25 heavy (non-hydrogen) atoms. The molecule has 0 N–H and O–H groups in total. The Hall–Kier alpha value is -3.34. The first-order chi connectivity index (χ1) is 12.2. The first-order valence-corrected chi connectivity index (χ1v) is 7.74. The molecule has 0 fully saturated rings. The summed E-state index contributed by atoms with van der Waals surface area (Å²) in [7, 11) is 3.06. The number of allylic oxidation sites excluding steroid dienone is 1. The van der Waals surface area contributed by atoms with E-state index in [9.17, 15) is 4.79 Å². The largest absolute Gasteiger partial charge is 0.496 e. The van der Waals surface area contributed by atoms with Gasteiger partial charge in [-0.15, -0.1) is 0 Å². The van der Waals surface area contributed by atoms with Crippen molar-refractivity contribution in [2.75, 3.05) is 14.2 Å². The first-order valence-electron chi connectivity index (χ1n) is 7.74. The summed E-state index contributed by atoms with van der Waals surface area (Å²) in [6, 6.07) is 13.1. The summed E-state index contributed by atoms with van der Waals surface area (Å²) in [4.78, 5) is 17.1. The molecule has 1 aromatic heterocycles. The normalized spacial score (nSPS) is 14.5. The fourth-order valence-electron chi connectivity index (χ4n) is 2.85. The highest BCUT2D eigenvalue weighted by Gasteiger charge is 2.32. The lowest BCUT2D eigenvalue weighted by molar-refractivity contribution is 0.101. The Morgan fingerprint density at radius 1 is 1.08 bits per heavy atom. The number of carbonyl (C=O) groups excluding carboxylic acids is 1. The summed E-state index contributed by atoms with van der Waals surface area (Å²) in [5.41, 5.74) is 2.10. The number of Topliss-reactive ketones (excluding diaryl/α,β-unsaturated/α-hetero) is 1. The third kappa shape index (κ3) is 2.59. The summed E-state index contributed by atoms with van der Waals surface area (Å²) >= 11 is 0.